The van der Waals surface area contributed by atoms with Gasteiger partial charge in [0.05, 0.1) is 0 Å². The zero-order chi connectivity index (χ0) is 14.8. The maximum absolute atomic E-state index is 11.7. The Labute approximate surface area is 132 Å². The highest BCUT2D eigenvalue weighted by molar-refractivity contribution is 9.10. The molecule has 2 aromatic carbocycles. The number of aliphatic carboxylic acids is 1. The van der Waals surface area contributed by atoms with E-state index in [-0.39, 0.29) is 0 Å². The third kappa shape index (κ3) is 3.10. The molecule has 21 heavy (non-hydrogen) atoms. The lowest BCUT2D eigenvalue weighted by Crippen LogP contribution is -2.22. The summed E-state index contributed by atoms with van der Waals surface area (Å²) in [7, 11) is 0. The summed E-state index contributed by atoms with van der Waals surface area (Å²) in [5.41, 5.74) is 2.81. The van der Waals surface area contributed by atoms with Gasteiger partial charge in [-0.1, -0.05) is 36.4 Å². The molecule has 1 saturated carbocycles. The van der Waals surface area contributed by atoms with Crippen molar-refractivity contribution in [2.45, 2.75) is 24.8 Å². The van der Waals surface area contributed by atoms with Crippen LogP contribution in [0.3, 0.4) is 0 Å². The van der Waals surface area contributed by atoms with Crippen molar-refractivity contribution in [3.8, 4) is 0 Å². The highest BCUT2D eigenvalue weighted by atomic mass is 79.9. The van der Waals surface area contributed by atoms with Gasteiger partial charge in [-0.15, -0.1) is 0 Å². The first-order chi connectivity index (χ1) is 10.2. The highest BCUT2D eigenvalue weighted by Gasteiger charge is 2.30. The summed E-state index contributed by atoms with van der Waals surface area (Å²) in [5.74, 6) is -0.345. The van der Waals surface area contributed by atoms with E-state index in [1.54, 1.807) is 0 Å². The Morgan fingerprint density at radius 1 is 1.14 bits per heavy atom. The van der Waals surface area contributed by atoms with Gasteiger partial charge < -0.3 is 10.4 Å². The Hall–Kier alpha value is -1.81. The van der Waals surface area contributed by atoms with Crippen molar-refractivity contribution in [3.63, 3.8) is 0 Å². The van der Waals surface area contributed by atoms with Crippen molar-refractivity contribution in [2.75, 3.05) is 5.32 Å². The van der Waals surface area contributed by atoms with Crippen molar-refractivity contribution in [3.05, 3.63) is 64.1 Å². The van der Waals surface area contributed by atoms with E-state index in [9.17, 15) is 9.90 Å². The fourth-order valence-corrected chi connectivity index (χ4v) is 2.95. The van der Waals surface area contributed by atoms with Crippen LogP contribution in [0.15, 0.2) is 53.0 Å². The molecule has 1 fully saturated rings. The third-order valence-electron chi connectivity index (χ3n) is 3.74. The van der Waals surface area contributed by atoms with Crippen molar-refractivity contribution in [1.29, 1.82) is 0 Å². The molecule has 0 radical (unpaired) electrons. The smallest absolute Gasteiger partial charge is 0.330 e. The maximum atomic E-state index is 11.7. The second-order valence-corrected chi connectivity index (χ2v) is 6.15. The van der Waals surface area contributed by atoms with Gasteiger partial charge in [-0.05, 0) is 57.9 Å². The molecule has 1 atom stereocenters. The van der Waals surface area contributed by atoms with Gasteiger partial charge in [0, 0.05) is 10.2 Å². The number of halogens is 1. The van der Waals surface area contributed by atoms with Gasteiger partial charge in [-0.25, -0.2) is 4.79 Å². The van der Waals surface area contributed by atoms with E-state index in [4.69, 9.17) is 0 Å². The van der Waals surface area contributed by atoms with Crippen molar-refractivity contribution in [1.82, 2.24) is 0 Å². The van der Waals surface area contributed by atoms with Crippen LogP contribution in [0, 0.1) is 0 Å². The van der Waals surface area contributed by atoms with Gasteiger partial charge in [0.15, 0.2) is 6.04 Å². The van der Waals surface area contributed by atoms with E-state index in [1.807, 2.05) is 48.5 Å². The Bertz CT molecular complexity index is 667. The number of para-hydroxylation sites is 1. The zero-order valence-corrected chi connectivity index (χ0v) is 13.0. The van der Waals surface area contributed by atoms with Crippen molar-refractivity contribution >= 4 is 27.6 Å². The Kier molecular flexibility index (Phi) is 3.97. The molecule has 1 aliphatic rings. The van der Waals surface area contributed by atoms with Gasteiger partial charge in [-0.2, -0.15) is 0 Å². The zero-order valence-electron chi connectivity index (χ0n) is 11.4. The lowest BCUT2D eigenvalue weighted by Gasteiger charge is -2.20. The fourth-order valence-electron chi connectivity index (χ4n) is 2.55. The van der Waals surface area contributed by atoms with Gasteiger partial charge >= 0.3 is 5.97 Å². The van der Waals surface area contributed by atoms with Crippen LogP contribution in [-0.2, 0) is 4.79 Å². The summed E-state index contributed by atoms with van der Waals surface area (Å²) in [6.45, 7) is 0. The lowest BCUT2D eigenvalue weighted by atomic mass is 9.97. The molecular weight excluding hydrogens is 330 g/mol. The quantitative estimate of drug-likeness (QED) is 0.834. The summed E-state index contributed by atoms with van der Waals surface area (Å²) in [6, 6.07) is 14.7. The minimum absolute atomic E-state index is 0.518. The summed E-state index contributed by atoms with van der Waals surface area (Å²) >= 11 is 3.45. The van der Waals surface area contributed by atoms with Crippen LogP contribution >= 0.6 is 15.9 Å². The first-order valence-electron chi connectivity index (χ1n) is 6.99. The van der Waals surface area contributed by atoms with Crippen LogP contribution in [0.4, 0.5) is 5.69 Å². The normalized spacial score (nSPS) is 15.5. The molecule has 1 aliphatic carbocycles. The van der Waals surface area contributed by atoms with E-state index in [0.717, 1.165) is 34.1 Å². The van der Waals surface area contributed by atoms with E-state index >= 15 is 0 Å². The number of hydrogen-bond acceptors (Lipinski definition) is 2. The molecular formula is C17H16BrNO2. The number of hydrogen-bond donors (Lipinski definition) is 2. The molecule has 3 rings (SSSR count). The number of benzene rings is 2. The van der Waals surface area contributed by atoms with Crippen molar-refractivity contribution < 1.29 is 9.90 Å². The summed E-state index contributed by atoms with van der Waals surface area (Å²) in [5, 5.41) is 12.8. The molecule has 2 aromatic rings. The number of anilines is 1. The molecule has 0 bridgehead atoms. The predicted octanol–water partition coefficient (Wildman–Crippen LogP) is 4.56. The molecule has 0 aromatic heterocycles. The second kappa shape index (κ2) is 5.90. The van der Waals surface area contributed by atoms with Crippen LogP contribution in [-0.4, -0.2) is 11.1 Å². The van der Waals surface area contributed by atoms with E-state index in [0.29, 0.717) is 5.92 Å². The third-order valence-corrected chi connectivity index (χ3v) is 4.44. The Morgan fingerprint density at radius 2 is 1.81 bits per heavy atom. The highest BCUT2D eigenvalue weighted by Crippen LogP contribution is 2.43. The minimum Gasteiger partial charge on any atom is -0.479 e. The van der Waals surface area contributed by atoms with Gasteiger partial charge in [-0.3, -0.25) is 0 Å². The molecule has 4 heteroatoms. The molecule has 0 heterocycles. The number of carbonyl (C=O) groups is 1. The fraction of sp³-hybridized carbons (Fsp3) is 0.235. The summed E-state index contributed by atoms with van der Waals surface area (Å²) < 4.78 is 0.861. The van der Waals surface area contributed by atoms with Crippen LogP contribution in [0.2, 0.25) is 0 Å². The molecule has 108 valence electrons. The SMILES string of the molecule is O=C(O)C(Nc1ccccc1Br)c1ccccc1C1CC1. The van der Waals surface area contributed by atoms with Gasteiger partial charge in [0.25, 0.3) is 0 Å². The minimum atomic E-state index is -0.862. The largest absolute Gasteiger partial charge is 0.479 e. The second-order valence-electron chi connectivity index (χ2n) is 5.30. The first-order valence-corrected chi connectivity index (χ1v) is 7.79. The van der Waals surface area contributed by atoms with Crippen LogP contribution in [0.1, 0.15) is 35.9 Å². The van der Waals surface area contributed by atoms with E-state index < -0.39 is 12.0 Å². The number of rotatable bonds is 5. The van der Waals surface area contributed by atoms with Gasteiger partial charge in [0.2, 0.25) is 0 Å². The topological polar surface area (TPSA) is 49.3 Å². The Balaban J connectivity index is 1.96. The monoisotopic (exact) mass is 345 g/mol. The Morgan fingerprint density at radius 3 is 2.48 bits per heavy atom. The van der Waals surface area contributed by atoms with Crippen LogP contribution in [0.5, 0.6) is 0 Å². The molecule has 1 unspecified atom stereocenters. The van der Waals surface area contributed by atoms with Crippen molar-refractivity contribution in [2.24, 2.45) is 0 Å². The molecule has 0 saturated heterocycles. The molecule has 0 amide bonds. The average Bonchev–Trinajstić information content (AvgIpc) is 3.31. The number of nitrogens with one attached hydrogen (secondary N) is 1. The number of carboxylic acids is 1. The van der Waals surface area contributed by atoms with E-state index in [2.05, 4.69) is 21.2 Å². The molecule has 3 nitrogen and oxygen atoms in total. The van der Waals surface area contributed by atoms with Gasteiger partial charge in [0.1, 0.15) is 0 Å². The average molecular weight is 346 g/mol. The first kappa shape index (κ1) is 14.1. The lowest BCUT2D eigenvalue weighted by molar-refractivity contribution is -0.138. The number of carboxylic acid groups (broad SMARTS) is 1. The predicted molar refractivity (Wildman–Crippen MR) is 86.6 cm³/mol. The molecule has 0 aliphatic heterocycles. The maximum Gasteiger partial charge on any atom is 0.330 e. The standard InChI is InChI=1S/C17H16BrNO2/c18-14-7-3-4-8-15(14)19-16(17(20)21)13-6-2-1-5-12(13)11-9-10-11/h1-8,11,16,19H,9-10H2,(H,20,21). The summed E-state index contributed by atoms with van der Waals surface area (Å²) in [4.78, 5) is 11.7. The van der Waals surface area contributed by atoms with Crippen LogP contribution in [0.25, 0.3) is 0 Å². The van der Waals surface area contributed by atoms with E-state index in [1.165, 1.54) is 0 Å². The molecule has 0 spiro atoms. The summed E-state index contributed by atoms with van der Waals surface area (Å²) in [6.07, 6.45) is 2.30. The van der Waals surface area contributed by atoms with Crippen LogP contribution < -0.4 is 5.32 Å². The molecule has 2 N–H and O–H groups in total.